The van der Waals surface area contributed by atoms with E-state index in [1.165, 1.54) is 103 Å². The average Bonchev–Trinajstić information content (AvgIpc) is 2.46. The van der Waals surface area contributed by atoms with Gasteiger partial charge in [-0.25, -0.2) is 0 Å². The molecule has 0 nitrogen and oxygen atoms in total. The van der Waals surface area contributed by atoms with E-state index < -0.39 is 0 Å². The monoisotopic (exact) mass is 276 g/mol. The lowest BCUT2D eigenvalue weighted by Gasteiger charge is -2.02. The molecule has 0 saturated carbocycles. The second-order valence-corrected chi connectivity index (χ2v) is 6.34. The van der Waals surface area contributed by atoms with E-state index in [0.29, 0.717) is 0 Å². The van der Waals surface area contributed by atoms with Gasteiger partial charge in [0, 0.05) is 0 Å². The Bertz CT molecular complexity index is 212. The summed E-state index contributed by atoms with van der Waals surface area (Å²) < 4.78 is 0. The highest BCUT2D eigenvalue weighted by molar-refractivity contribution is 4.85. The molecule has 0 radical (unpaired) electrons. The molecule has 0 amide bonds. The van der Waals surface area contributed by atoms with Crippen molar-refractivity contribution in [2.75, 3.05) is 0 Å². The van der Waals surface area contributed by atoms with E-state index in [1.54, 1.807) is 0 Å². The van der Waals surface area contributed by atoms with Crippen LogP contribution < -0.4 is 0 Å². The van der Waals surface area contributed by atoms with Crippen molar-refractivity contribution < 1.29 is 0 Å². The van der Waals surface area contributed by atoms with Crippen molar-refractivity contribution in [1.29, 1.82) is 0 Å². The summed E-state index contributed by atoms with van der Waals surface area (Å²) in [6, 6.07) is 0. The lowest BCUT2D eigenvalue weighted by atomic mass is 10.0. The van der Waals surface area contributed by atoms with Crippen molar-refractivity contribution in [1.82, 2.24) is 0 Å². The van der Waals surface area contributed by atoms with Gasteiger partial charge in [-0.3, -0.25) is 0 Å². The Balaban J connectivity index is 2.11. The van der Waals surface area contributed by atoms with E-state index in [-0.39, 0.29) is 0 Å². The van der Waals surface area contributed by atoms with Crippen molar-refractivity contribution in [3.8, 4) is 0 Å². The zero-order valence-corrected chi connectivity index (χ0v) is 13.6. The van der Waals surface area contributed by atoms with Crippen LogP contribution in [0.15, 0.2) is 24.3 Å². The first-order valence-electron chi connectivity index (χ1n) is 9.30. The summed E-state index contributed by atoms with van der Waals surface area (Å²) in [4.78, 5) is 0. The smallest absolute Gasteiger partial charge is 0.0348 e. The molecule has 0 atom stereocenters. The average molecular weight is 277 g/mol. The molecule has 1 rings (SSSR count). The molecule has 0 fully saturated rings. The molecular formula is C20H36. The maximum atomic E-state index is 2.40. The predicted molar refractivity (Wildman–Crippen MR) is 92.2 cm³/mol. The Hall–Kier alpha value is -0.520. The van der Waals surface area contributed by atoms with Crippen molar-refractivity contribution in [2.45, 2.75) is 103 Å². The minimum Gasteiger partial charge on any atom is -0.0885 e. The fourth-order valence-electron chi connectivity index (χ4n) is 2.94. The van der Waals surface area contributed by atoms with E-state index in [0.717, 1.165) is 0 Å². The van der Waals surface area contributed by atoms with Crippen LogP contribution in [-0.2, 0) is 0 Å². The third kappa shape index (κ3) is 12.5. The van der Waals surface area contributed by atoms with Gasteiger partial charge in [0.2, 0.25) is 0 Å². The molecule has 0 aromatic heterocycles. The highest BCUT2D eigenvalue weighted by atomic mass is 14.0. The minimum atomic E-state index is 1.27. The molecule has 0 aromatic rings. The van der Waals surface area contributed by atoms with Gasteiger partial charge in [0.1, 0.15) is 0 Å². The Morgan fingerprint density at radius 2 is 0.500 bits per heavy atom. The van der Waals surface area contributed by atoms with E-state index in [4.69, 9.17) is 0 Å². The molecule has 0 aromatic carbocycles. The highest BCUT2D eigenvalue weighted by Crippen LogP contribution is 2.13. The Morgan fingerprint density at radius 3 is 0.850 bits per heavy atom. The predicted octanol–water partition coefficient (Wildman–Crippen LogP) is 7.35. The number of hydrogen-bond donors (Lipinski definition) is 0. The second kappa shape index (κ2) is 14.9. The van der Waals surface area contributed by atoms with Gasteiger partial charge in [-0.05, 0) is 44.9 Å². The largest absolute Gasteiger partial charge is 0.0885 e. The van der Waals surface area contributed by atoms with Crippen LogP contribution in [0.4, 0.5) is 0 Å². The Labute approximate surface area is 127 Å². The second-order valence-electron chi connectivity index (χ2n) is 6.34. The van der Waals surface area contributed by atoms with Crippen LogP contribution in [-0.4, -0.2) is 0 Å². The van der Waals surface area contributed by atoms with Crippen molar-refractivity contribution in [3.05, 3.63) is 24.3 Å². The molecule has 0 aliphatic heterocycles. The van der Waals surface area contributed by atoms with Crippen molar-refractivity contribution >= 4 is 0 Å². The van der Waals surface area contributed by atoms with E-state index >= 15 is 0 Å². The molecule has 20 heavy (non-hydrogen) atoms. The summed E-state index contributed by atoms with van der Waals surface area (Å²) in [7, 11) is 0. The summed E-state index contributed by atoms with van der Waals surface area (Å²) in [5, 5.41) is 0. The third-order valence-corrected chi connectivity index (χ3v) is 4.32. The topological polar surface area (TPSA) is 0 Å². The molecule has 0 heteroatoms. The number of hydrogen-bond acceptors (Lipinski definition) is 0. The van der Waals surface area contributed by atoms with Gasteiger partial charge < -0.3 is 0 Å². The summed E-state index contributed by atoms with van der Waals surface area (Å²) in [5.74, 6) is 0. The van der Waals surface area contributed by atoms with E-state index in [9.17, 15) is 0 Å². The zero-order chi connectivity index (χ0) is 14.1. The molecule has 0 heterocycles. The maximum Gasteiger partial charge on any atom is -0.0348 e. The zero-order valence-electron chi connectivity index (χ0n) is 13.6. The van der Waals surface area contributed by atoms with Gasteiger partial charge in [0.15, 0.2) is 0 Å². The summed E-state index contributed by atoms with van der Waals surface area (Å²) >= 11 is 0. The van der Waals surface area contributed by atoms with Gasteiger partial charge in [0.05, 0.1) is 0 Å². The molecule has 1 aliphatic carbocycles. The van der Waals surface area contributed by atoms with Gasteiger partial charge >= 0.3 is 0 Å². The number of allylic oxidation sites excluding steroid dienone is 4. The van der Waals surface area contributed by atoms with Gasteiger partial charge in [-0.1, -0.05) is 82.1 Å². The summed E-state index contributed by atoms with van der Waals surface area (Å²) in [6.07, 6.45) is 32.0. The summed E-state index contributed by atoms with van der Waals surface area (Å²) in [5.41, 5.74) is 0. The van der Waals surface area contributed by atoms with Crippen LogP contribution in [0.1, 0.15) is 103 Å². The molecule has 0 spiro atoms. The quantitative estimate of drug-likeness (QED) is 0.405. The lowest BCUT2D eigenvalue weighted by Crippen LogP contribution is -1.82. The fourth-order valence-corrected chi connectivity index (χ4v) is 2.94. The van der Waals surface area contributed by atoms with Crippen LogP contribution in [0.5, 0.6) is 0 Å². The first-order valence-corrected chi connectivity index (χ1v) is 9.30. The van der Waals surface area contributed by atoms with Gasteiger partial charge in [0.25, 0.3) is 0 Å². The maximum absolute atomic E-state index is 2.40. The first kappa shape index (κ1) is 17.5. The van der Waals surface area contributed by atoms with Gasteiger partial charge in [-0.15, -0.1) is 0 Å². The molecule has 1 aliphatic rings. The van der Waals surface area contributed by atoms with E-state index in [1.807, 2.05) is 0 Å². The molecule has 0 unspecified atom stereocenters. The van der Waals surface area contributed by atoms with Crippen LogP contribution in [0.3, 0.4) is 0 Å². The molecular weight excluding hydrogens is 240 g/mol. The summed E-state index contributed by atoms with van der Waals surface area (Å²) in [6.45, 7) is 0. The van der Waals surface area contributed by atoms with Crippen LogP contribution >= 0.6 is 0 Å². The normalized spacial score (nSPS) is 22.4. The fraction of sp³-hybridized carbons (Fsp3) is 0.800. The van der Waals surface area contributed by atoms with Crippen LogP contribution in [0, 0.1) is 0 Å². The minimum absolute atomic E-state index is 1.27. The molecule has 0 bridgehead atoms. The van der Waals surface area contributed by atoms with Gasteiger partial charge in [-0.2, -0.15) is 0 Å². The Kier molecular flexibility index (Phi) is 13.0. The molecule has 116 valence electrons. The van der Waals surface area contributed by atoms with E-state index in [2.05, 4.69) is 24.3 Å². The molecule has 0 N–H and O–H groups in total. The molecule has 0 saturated heterocycles. The van der Waals surface area contributed by atoms with Crippen molar-refractivity contribution in [3.63, 3.8) is 0 Å². The Morgan fingerprint density at radius 1 is 0.250 bits per heavy atom. The lowest BCUT2D eigenvalue weighted by molar-refractivity contribution is 0.547. The first-order chi connectivity index (χ1) is 10.0. The standard InChI is InChI=1S/C20H36/c1-2-4-6-8-10-12-14-16-18-20-19-17-15-13-11-9-7-5-3-1/h1-2,9,11H,3-8,10,12-20H2. The SMILES string of the molecule is C1=CCCCCCCCCCCCCCC=CCCC1. The van der Waals surface area contributed by atoms with Crippen LogP contribution in [0.2, 0.25) is 0 Å². The van der Waals surface area contributed by atoms with Crippen molar-refractivity contribution in [2.24, 2.45) is 0 Å². The van der Waals surface area contributed by atoms with Crippen LogP contribution in [0.25, 0.3) is 0 Å². The number of rotatable bonds is 0. The third-order valence-electron chi connectivity index (χ3n) is 4.32. The highest BCUT2D eigenvalue weighted by Gasteiger charge is 1.93.